The molecule has 0 bridgehead atoms. The van der Waals surface area contributed by atoms with Crippen molar-refractivity contribution < 1.29 is 9.59 Å². The van der Waals surface area contributed by atoms with Crippen LogP contribution in [0.4, 0.5) is 0 Å². The van der Waals surface area contributed by atoms with Crippen molar-refractivity contribution in [1.29, 1.82) is 0 Å². The zero-order chi connectivity index (χ0) is 13.4. The largest absolute Gasteiger partial charge is 0.352 e. The minimum atomic E-state index is 0.0658. The second kappa shape index (κ2) is 8.08. The molecule has 1 saturated heterocycles. The molecule has 1 fully saturated rings. The van der Waals surface area contributed by atoms with Gasteiger partial charge < -0.3 is 15.5 Å². The number of carbonyl (C=O) groups is 2. The Morgan fingerprint density at radius 2 is 2.00 bits per heavy atom. The first-order valence-electron chi connectivity index (χ1n) is 6.95. The summed E-state index contributed by atoms with van der Waals surface area (Å²) in [6.45, 7) is 7.28. The van der Waals surface area contributed by atoms with Crippen molar-refractivity contribution in [3.8, 4) is 0 Å². The number of hydrogen-bond acceptors (Lipinski definition) is 3. The molecule has 1 heterocycles. The predicted molar refractivity (Wildman–Crippen MR) is 71.2 cm³/mol. The Balaban J connectivity index is 2.12. The van der Waals surface area contributed by atoms with Crippen LogP contribution < -0.4 is 10.6 Å². The van der Waals surface area contributed by atoms with E-state index in [0.29, 0.717) is 19.3 Å². The first kappa shape index (κ1) is 15.0. The van der Waals surface area contributed by atoms with Gasteiger partial charge in [-0.05, 0) is 33.2 Å². The zero-order valence-corrected chi connectivity index (χ0v) is 11.5. The number of amides is 2. The molecule has 5 heteroatoms. The Hall–Kier alpha value is -1.10. The van der Waals surface area contributed by atoms with Gasteiger partial charge in [-0.25, -0.2) is 0 Å². The minimum absolute atomic E-state index is 0.0658. The van der Waals surface area contributed by atoms with Crippen molar-refractivity contribution in [2.75, 3.05) is 26.2 Å². The van der Waals surface area contributed by atoms with E-state index in [-0.39, 0.29) is 17.9 Å². The van der Waals surface area contributed by atoms with Crippen LogP contribution in [0, 0.1) is 0 Å². The van der Waals surface area contributed by atoms with Gasteiger partial charge in [0.1, 0.15) is 0 Å². The molecule has 2 amide bonds. The van der Waals surface area contributed by atoms with Crippen LogP contribution in [0.2, 0.25) is 0 Å². The third-order valence-corrected chi connectivity index (χ3v) is 3.34. The first-order chi connectivity index (χ1) is 8.67. The highest BCUT2D eigenvalue weighted by Gasteiger charge is 2.16. The Morgan fingerprint density at radius 3 is 2.56 bits per heavy atom. The number of nitrogens with one attached hydrogen (secondary N) is 2. The van der Waals surface area contributed by atoms with Crippen molar-refractivity contribution in [2.45, 2.75) is 45.6 Å². The van der Waals surface area contributed by atoms with E-state index < -0.39 is 0 Å². The van der Waals surface area contributed by atoms with Crippen molar-refractivity contribution in [1.82, 2.24) is 15.5 Å². The molecule has 1 aliphatic rings. The number of carbonyl (C=O) groups excluding carboxylic acids is 2. The van der Waals surface area contributed by atoms with Gasteiger partial charge in [0.25, 0.3) is 0 Å². The Bertz CT molecular complexity index is 271. The summed E-state index contributed by atoms with van der Waals surface area (Å²) in [4.78, 5) is 25.1. The monoisotopic (exact) mass is 255 g/mol. The van der Waals surface area contributed by atoms with Gasteiger partial charge in [0, 0.05) is 38.5 Å². The molecule has 1 aliphatic heterocycles. The maximum atomic E-state index is 11.7. The number of nitrogens with zero attached hydrogens (tertiary/aromatic N) is 1. The van der Waals surface area contributed by atoms with Gasteiger partial charge in [0.2, 0.25) is 11.8 Å². The lowest BCUT2D eigenvalue weighted by molar-refractivity contribution is -0.131. The zero-order valence-electron chi connectivity index (χ0n) is 11.5. The van der Waals surface area contributed by atoms with Crippen molar-refractivity contribution in [3.05, 3.63) is 0 Å². The molecule has 0 radical (unpaired) electrons. The summed E-state index contributed by atoms with van der Waals surface area (Å²) in [5, 5.41) is 6.19. The Kier molecular flexibility index (Phi) is 6.72. The van der Waals surface area contributed by atoms with Gasteiger partial charge in [-0.1, -0.05) is 0 Å². The van der Waals surface area contributed by atoms with Gasteiger partial charge in [-0.2, -0.15) is 0 Å². The Morgan fingerprint density at radius 1 is 1.28 bits per heavy atom. The van der Waals surface area contributed by atoms with E-state index in [4.69, 9.17) is 0 Å². The lowest BCUT2D eigenvalue weighted by Crippen LogP contribution is -2.36. The van der Waals surface area contributed by atoms with Crippen molar-refractivity contribution in [3.63, 3.8) is 0 Å². The Labute approximate surface area is 109 Å². The highest BCUT2D eigenvalue weighted by Crippen LogP contribution is 2.03. The fraction of sp³-hybridized carbons (Fsp3) is 0.846. The van der Waals surface area contributed by atoms with Crippen LogP contribution in [0.1, 0.15) is 39.5 Å². The van der Waals surface area contributed by atoms with Crippen LogP contribution in [0.3, 0.4) is 0 Å². The van der Waals surface area contributed by atoms with E-state index in [1.54, 1.807) is 4.90 Å². The second-order valence-corrected chi connectivity index (χ2v) is 4.68. The van der Waals surface area contributed by atoms with Gasteiger partial charge in [0.05, 0.1) is 0 Å². The molecule has 0 aromatic rings. The van der Waals surface area contributed by atoms with Crippen LogP contribution in [0.25, 0.3) is 0 Å². The van der Waals surface area contributed by atoms with Crippen LogP contribution in [-0.4, -0.2) is 48.9 Å². The van der Waals surface area contributed by atoms with E-state index in [0.717, 1.165) is 32.6 Å². The van der Waals surface area contributed by atoms with Crippen LogP contribution >= 0.6 is 0 Å². The van der Waals surface area contributed by atoms with E-state index in [9.17, 15) is 9.59 Å². The first-order valence-corrected chi connectivity index (χ1v) is 6.95. The lowest BCUT2D eigenvalue weighted by Gasteiger charge is -2.18. The quantitative estimate of drug-likeness (QED) is 0.696. The summed E-state index contributed by atoms with van der Waals surface area (Å²) in [7, 11) is 0. The van der Waals surface area contributed by atoms with Gasteiger partial charge >= 0.3 is 0 Å². The third kappa shape index (κ3) is 5.04. The molecular formula is C13H25N3O2. The number of rotatable bonds is 7. The molecule has 0 saturated carbocycles. The highest BCUT2D eigenvalue weighted by atomic mass is 16.2. The number of hydrogen-bond donors (Lipinski definition) is 2. The topological polar surface area (TPSA) is 61.4 Å². The minimum Gasteiger partial charge on any atom is -0.352 e. The maximum Gasteiger partial charge on any atom is 0.222 e. The van der Waals surface area contributed by atoms with E-state index in [2.05, 4.69) is 10.6 Å². The van der Waals surface area contributed by atoms with E-state index >= 15 is 0 Å². The van der Waals surface area contributed by atoms with Crippen LogP contribution in [0.5, 0.6) is 0 Å². The summed E-state index contributed by atoms with van der Waals surface area (Å²) < 4.78 is 0. The van der Waals surface area contributed by atoms with Crippen molar-refractivity contribution >= 4 is 11.8 Å². The molecule has 1 atom stereocenters. The smallest absolute Gasteiger partial charge is 0.222 e. The second-order valence-electron chi connectivity index (χ2n) is 4.68. The van der Waals surface area contributed by atoms with Gasteiger partial charge in [0.15, 0.2) is 0 Å². The van der Waals surface area contributed by atoms with Crippen LogP contribution in [-0.2, 0) is 9.59 Å². The summed E-state index contributed by atoms with van der Waals surface area (Å²) in [6, 6.07) is 0.274. The van der Waals surface area contributed by atoms with E-state index in [1.807, 2.05) is 13.8 Å². The fourth-order valence-electron chi connectivity index (χ4n) is 2.21. The fourth-order valence-corrected chi connectivity index (χ4v) is 2.21. The molecule has 0 aromatic heterocycles. The molecule has 1 unspecified atom stereocenters. The molecule has 0 aromatic carbocycles. The summed E-state index contributed by atoms with van der Waals surface area (Å²) in [5.74, 6) is 0.214. The van der Waals surface area contributed by atoms with Gasteiger partial charge in [-0.15, -0.1) is 0 Å². The summed E-state index contributed by atoms with van der Waals surface area (Å²) in [6.07, 6.45) is 2.56. The SMILES string of the molecule is CCN(CC)C(=O)CCCC(=O)NC1CCNC1. The van der Waals surface area contributed by atoms with Gasteiger partial charge in [-0.3, -0.25) is 9.59 Å². The summed E-state index contributed by atoms with van der Waals surface area (Å²) in [5.41, 5.74) is 0. The molecular weight excluding hydrogens is 230 g/mol. The normalized spacial score (nSPS) is 18.7. The van der Waals surface area contributed by atoms with E-state index in [1.165, 1.54) is 0 Å². The average Bonchev–Trinajstić information content (AvgIpc) is 2.83. The van der Waals surface area contributed by atoms with Crippen LogP contribution in [0.15, 0.2) is 0 Å². The third-order valence-electron chi connectivity index (χ3n) is 3.34. The molecule has 1 rings (SSSR count). The molecule has 18 heavy (non-hydrogen) atoms. The lowest BCUT2D eigenvalue weighted by atomic mass is 10.2. The predicted octanol–water partition coefficient (Wildman–Crippen LogP) is 0.503. The standard InChI is InChI=1S/C13H25N3O2/c1-3-16(4-2)13(18)7-5-6-12(17)15-11-8-9-14-10-11/h11,14H,3-10H2,1-2H3,(H,15,17). The highest BCUT2D eigenvalue weighted by molar-refractivity contribution is 5.79. The average molecular weight is 255 g/mol. The van der Waals surface area contributed by atoms with Crippen molar-refractivity contribution in [2.24, 2.45) is 0 Å². The molecule has 5 nitrogen and oxygen atoms in total. The molecule has 0 aliphatic carbocycles. The maximum absolute atomic E-state index is 11.7. The molecule has 0 spiro atoms. The molecule has 104 valence electrons. The molecule has 2 N–H and O–H groups in total. The summed E-state index contributed by atoms with van der Waals surface area (Å²) >= 11 is 0.